The second kappa shape index (κ2) is 6.68. The van der Waals surface area contributed by atoms with Crippen LogP contribution in [0.3, 0.4) is 0 Å². The molecule has 1 aromatic rings. The summed E-state index contributed by atoms with van der Waals surface area (Å²) in [5, 5.41) is 7.54. The van der Waals surface area contributed by atoms with Gasteiger partial charge in [0, 0.05) is 19.6 Å². The standard InChI is InChI=1S/C15H27N3O2/c1-5-16-12(3)10-13-17-14(18-20-13)15(19-4)8-6-11(2)7-9-15/h11-12,16H,5-10H2,1-4H3. The molecule has 0 saturated heterocycles. The maximum Gasteiger partial charge on any atom is 0.228 e. The number of methoxy groups -OCH3 is 1. The second-order valence-corrected chi connectivity index (χ2v) is 6.06. The Kier molecular flexibility index (Phi) is 5.16. The Bertz CT molecular complexity index is 411. The van der Waals surface area contributed by atoms with E-state index in [1.54, 1.807) is 7.11 Å². The van der Waals surface area contributed by atoms with E-state index in [2.05, 4.69) is 36.2 Å². The van der Waals surface area contributed by atoms with E-state index in [0.29, 0.717) is 11.9 Å². The van der Waals surface area contributed by atoms with Crippen LogP contribution in [0.15, 0.2) is 4.52 Å². The third-order valence-electron chi connectivity index (χ3n) is 4.38. The van der Waals surface area contributed by atoms with Crippen molar-refractivity contribution in [3.05, 3.63) is 11.7 Å². The van der Waals surface area contributed by atoms with Gasteiger partial charge in [-0.25, -0.2) is 0 Å². The molecule has 0 bridgehead atoms. The van der Waals surface area contributed by atoms with Gasteiger partial charge in [0.2, 0.25) is 11.7 Å². The van der Waals surface area contributed by atoms with Crippen LogP contribution in [0.1, 0.15) is 58.2 Å². The molecule has 0 aliphatic heterocycles. The van der Waals surface area contributed by atoms with E-state index in [1.807, 2.05) is 0 Å². The Hall–Kier alpha value is -0.940. The predicted octanol–water partition coefficient (Wildman–Crippen LogP) is 2.66. The van der Waals surface area contributed by atoms with Gasteiger partial charge in [0.25, 0.3) is 0 Å². The largest absolute Gasteiger partial charge is 0.370 e. The fraction of sp³-hybridized carbons (Fsp3) is 0.867. The van der Waals surface area contributed by atoms with Crippen molar-refractivity contribution >= 4 is 0 Å². The summed E-state index contributed by atoms with van der Waals surface area (Å²) in [6.45, 7) is 7.46. The van der Waals surface area contributed by atoms with Crippen molar-refractivity contribution in [1.29, 1.82) is 0 Å². The van der Waals surface area contributed by atoms with E-state index in [0.717, 1.165) is 50.4 Å². The molecule has 114 valence electrons. The summed E-state index contributed by atoms with van der Waals surface area (Å²) in [5.74, 6) is 2.19. The zero-order valence-corrected chi connectivity index (χ0v) is 13.1. The molecule has 1 aliphatic rings. The van der Waals surface area contributed by atoms with Crippen molar-refractivity contribution < 1.29 is 9.26 Å². The normalized spacial score (nSPS) is 28.5. The maximum absolute atomic E-state index is 5.78. The first-order chi connectivity index (χ1) is 9.59. The highest BCUT2D eigenvalue weighted by molar-refractivity contribution is 5.04. The number of hydrogen-bond acceptors (Lipinski definition) is 5. The number of rotatable bonds is 6. The van der Waals surface area contributed by atoms with E-state index in [-0.39, 0.29) is 5.60 Å². The lowest BCUT2D eigenvalue weighted by Gasteiger charge is -2.35. The van der Waals surface area contributed by atoms with Crippen LogP contribution in [0.5, 0.6) is 0 Å². The summed E-state index contributed by atoms with van der Waals surface area (Å²) in [7, 11) is 1.76. The van der Waals surface area contributed by atoms with Gasteiger partial charge in [-0.05, 0) is 45.1 Å². The first-order valence-corrected chi connectivity index (χ1v) is 7.71. The lowest BCUT2D eigenvalue weighted by molar-refractivity contribution is -0.0609. The van der Waals surface area contributed by atoms with Crippen molar-refractivity contribution in [1.82, 2.24) is 15.5 Å². The topological polar surface area (TPSA) is 60.2 Å². The zero-order valence-electron chi connectivity index (χ0n) is 13.1. The lowest BCUT2D eigenvalue weighted by atomic mass is 9.79. The third kappa shape index (κ3) is 3.38. The molecule has 0 radical (unpaired) electrons. The minimum atomic E-state index is -0.338. The quantitative estimate of drug-likeness (QED) is 0.868. The van der Waals surface area contributed by atoms with E-state index in [4.69, 9.17) is 9.26 Å². The zero-order chi connectivity index (χ0) is 14.6. The molecule has 5 nitrogen and oxygen atoms in total. The molecule has 2 rings (SSSR count). The first-order valence-electron chi connectivity index (χ1n) is 7.71. The predicted molar refractivity (Wildman–Crippen MR) is 77.5 cm³/mol. The minimum Gasteiger partial charge on any atom is -0.370 e. The van der Waals surface area contributed by atoms with Crippen LogP contribution < -0.4 is 5.32 Å². The van der Waals surface area contributed by atoms with Crippen molar-refractivity contribution in [2.24, 2.45) is 5.92 Å². The Balaban J connectivity index is 2.06. The molecule has 1 aromatic heterocycles. The molecule has 1 aliphatic carbocycles. The molecule has 1 unspecified atom stereocenters. The van der Waals surface area contributed by atoms with E-state index >= 15 is 0 Å². The molecule has 0 aromatic carbocycles. The van der Waals surface area contributed by atoms with Crippen LogP contribution in [0.4, 0.5) is 0 Å². The van der Waals surface area contributed by atoms with Crippen LogP contribution in [-0.4, -0.2) is 29.8 Å². The van der Waals surface area contributed by atoms with E-state index in [9.17, 15) is 0 Å². The average molecular weight is 281 g/mol. The molecular formula is C15H27N3O2. The number of nitrogens with one attached hydrogen (secondary N) is 1. The van der Waals surface area contributed by atoms with Gasteiger partial charge < -0.3 is 14.6 Å². The first kappa shape index (κ1) is 15.4. The molecule has 0 amide bonds. The molecule has 0 spiro atoms. The third-order valence-corrected chi connectivity index (χ3v) is 4.38. The van der Waals surface area contributed by atoms with Gasteiger partial charge in [-0.1, -0.05) is 19.0 Å². The van der Waals surface area contributed by atoms with Crippen molar-refractivity contribution in [2.45, 2.75) is 64.5 Å². The molecule has 1 atom stereocenters. The Morgan fingerprint density at radius 3 is 2.75 bits per heavy atom. The minimum absolute atomic E-state index is 0.338. The van der Waals surface area contributed by atoms with Gasteiger partial charge in [-0.3, -0.25) is 0 Å². The smallest absolute Gasteiger partial charge is 0.228 e. The summed E-state index contributed by atoms with van der Waals surface area (Å²) >= 11 is 0. The summed E-state index contributed by atoms with van der Waals surface area (Å²) in [6, 6.07) is 0.346. The number of ether oxygens (including phenoxy) is 1. The number of aromatic nitrogens is 2. The summed E-state index contributed by atoms with van der Waals surface area (Å²) in [4.78, 5) is 4.58. The number of likely N-dealkylation sites (N-methyl/N-ethyl adjacent to an activating group) is 1. The van der Waals surface area contributed by atoms with Crippen molar-refractivity contribution in [3.8, 4) is 0 Å². The van der Waals surface area contributed by atoms with Crippen molar-refractivity contribution in [3.63, 3.8) is 0 Å². The number of hydrogen-bond donors (Lipinski definition) is 1. The summed E-state index contributed by atoms with van der Waals surface area (Å²) in [5.41, 5.74) is -0.338. The maximum atomic E-state index is 5.78. The SMILES string of the molecule is CCNC(C)Cc1nc(C2(OC)CCC(C)CC2)no1. The highest BCUT2D eigenvalue weighted by atomic mass is 16.5. The highest BCUT2D eigenvalue weighted by Gasteiger charge is 2.40. The summed E-state index contributed by atoms with van der Waals surface area (Å²) in [6.07, 6.45) is 5.03. The van der Waals surface area contributed by atoms with Gasteiger partial charge >= 0.3 is 0 Å². The van der Waals surface area contributed by atoms with Crippen LogP contribution >= 0.6 is 0 Å². The summed E-state index contributed by atoms with van der Waals surface area (Å²) < 4.78 is 11.2. The highest BCUT2D eigenvalue weighted by Crippen LogP contribution is 2.40. The van der Waals surface area contributed by atoms with Crippen LogP contribution in [0.25, 0.3) is 0 Å². The monoisotopic (exact) mass is 281 g/mol. The molecule has 20 heavy (non-hydrogen) atoms. The van der Waals surface area contributed by atoms with Crippen molar-refractivity contribution in [2.75, 3.05) is 13.7 Å². The molecule has 5 heteroatoms. The Morgan fingerprint density at radius 2 is 2.15 bits per heavy atom. The molecule has 1 N–H and O–H groups in total. The van der Waals surface area contributed by atoms with Gasteiger partial charge in [-0.2, -0.15) is 4.98 Å². The second-order valence-electron chi connectivity index (χ2n) is 6.06. The molecule has 1 heterocycles. The Morgan fingerprint density at radius 1 is 1.45 bits per heavy atom. The van der Waals surface area contributed by atoms with Gasteiger partial charge in [0.05, 0.1) is 0 Å². The number of nitrogens with zero attached hydrogens (tertiary/aromatic N) is 2. The van der Waals surface area contributed by atoms with Crippen LogP contribution in [0, 0.1) is 5.92 Å². The van der Waals surface area contributed by atoms with Gasteiger partial charge in [-0.15, -0.1) is 0 Å². The average Bonchev–Trinajstić information content (AvgIpc) is 2.89. The lowest BCUT2D eigenvalue weighted by Crippen LogP contribution is -2.34. The van der Waals surface area contributed by atoms with Crippen LogP contribution in [0.2, 0.25) is 0 Å². The fourth-order valence-electron chi connectivity index (χ4n) is 2.95. The van der Waals surface area contributed by atoms with Gasteiger partial charge in [0.1, 0.15) is 5.60 Å². The Labute approximate surface area is 121 Å². The molecule has 1 saturated carbocycles. The van der Waals surface area contributed by atoms with E-state index < -0.39 is 0 Å². The molecule has 1 fully saturated rings. The fourth-order valence-corrected chi connectivity index (χ4v) is 2.95. The van der Waals surface area contributed by atoms with Crippen LogP contribution in [-0.2, 0) is 16.8 Å². The van der Waals surface area contributed by atoms with Gasteiger partial charge in [0.15, 0.2) is 0 Å². The van der Waals surface area contributed by atoms with E-state index in [1.165, 1.54) is 0 Å². The molecular weight excluding hydrogens is 254 g/mol.